The van der Waals surface area contributed by atoms with Crippen molar-refractivity contribution in [1.82, 2.24) is 0 Å². The third kappa shape index (κ3) is 2.87. The van der Waals surface area contributed by atoms with Crippen LogP contribution in [0.1, 0.15) is 11.1 Å². The fourth-order valence-corrected chi connectivity index (χ4v) is 1.91. The van der Waals surface area contributed by atoms with E-state index < -0.39 is 4.92 Å². The molecule has 0 aliphatic rings. The predicted molar refractivity (Wildman–Crippen MR) is 73.6 cm³/mol. The highest BCUT2D eigenvalue weighted by Gasteiger charge is 2.18. The van der Waals surface area contributed by atoms with E-state index in [0.717, 1.165) is 0 Å². The molecule has 2 rings (SSSR count). The molecule has 0 fully saturated rings. The maximum absolute atomic E-state index is 10.9. The molecule has 0 aliphatic carbocycles. The topological polar surface area (TPSA) is 76.2 Å². The van der Waals surface area contributed by atoms with Crippen molar-refractivity contribution in [2.45, 2.75) is 6.61 Å². The summed E-state index contributed by atoms with van der Waals surface area (Å²) in [5.41, 5.74) is 0.901. The summed E-state index contributed by atoms with van der Waals surface area (Å²) in [7, 11) is 0. The van der Waals surface area contributed by atoms with Gasteiger partial charge in [0.25, 0.3) is 0 Å². The first-order valence-corrected chi connectivity index (χ1v) is 6.05. The van der Waals surface area contributed by atoms with E-state index in [-0.39, 0.29) is 23.1 Å². The highest BCUT2D eigenvalue weighted by molar-refractivity contribution is 6.32. The molecule has 0 saturated heterocycles. The fraction of sp³-hybridized carbons (Fsp3) is 0.0714. The Labute approximate surface area is 120 Å². The standard InChI is InChI=1S/C14H9ClN2O3/c15-12-6-3-7-13(17(18)19)14(12)20-9-11-5-2-1-4-10(11)8-16/h1-7H,9H2. The number of rotatable bonds is 4. The van der Waals surface area contributed by atoms with Crippen LogP contribution in [0.4, 0.5) is 5.69 Å². The molecule has 2 aromatic rings. The molecule has 20 heavy (non-hydrogen) atoms. The van der Waals surface area contributed by atoms with Gasteiger partial charge in [0.2, 0.25) is 5.75 Å². The molecule has 0 heterocycles. The van der Waals surface area contributed by atoms with Crippen molar-refractivity contribution < 1.29 is 9.66 Å². The first-order valence-electron chi connectivity index (χ1n) is 5.67. The Morgan fingerprint density at radius 1 is 1.25 bits per heavy atom. The van der Waals surface area contributed by atoms with Crippen LogP contribution < -0.4 is 4.74 Å². The lowest BCUT2D eigenvalue weighted by molar-refractivity contribution is -0.385. The van der Waals surface area contributed by atoms with Crippen LogP contribution in [0.5, 0.6) is 5.75 Å². The minimum Gasteiger partial charge on any atom is -0.481 e. The second kappa shape index (κ2) is 6.04. The van der Waals surface area contributed by atoms with Gasteiger partial charge in [-0.3, -0.25) is 10.1 Å². The SMILES string of the molecule is N#Cc1ccccc1COc1c(Cl)cccc1[N+](=O)[O-]. The molecule has 0 radical (unpaired) electrons. The number of halogens is 1. The predicted octanol–water partition coefficient (Wildman–Crippen LogP) is 3.70. The van der Waals surface area contributed by atoms with Gasteiger partial charge in [0, 0.05) is 11.6 Å². The van der Waals surface area contributed by atoms with Crippen LogP contribution in [0.15, 0.2) is 42.5 Å². The number of nitriles is 1. The minimum atomic E-state index is -0.558. The van der Waals surface area contributed by atoms with Gasteiger partial charge in [0.1, 0.15) is 6.61 Å². The molecule has 0 amide bonds. The van der Waals surface area contributed by atoms with E-state index in [9.17, 15) is 10.1 Å². The summed E-state index contributed by atoms with van der Waals surface area (Å²) in [4.78, 5) is 10.4. The molecule has 0 saturated carbocycles. The van der Waals surface area contributed by atoms with Crippen LogP contribution in [0.3, 0.4) is 0 Å². The smallest absolute Gasteiger partial charge is 0.312 e. The molecule has 0 unspecified atom stereocenters. The molecule has 0 N–H and O–H groups in total. The zero-order chi connectivity index (χ0) is 14.5. The van der Waals surface area contributed by atoms with Gasteiger partial charge in [-0.1, -0.05) is 35.9 Å². The number of nitrogens with zero attached hydrogens (tertiary/aromatic N) is 2. The Morgan fingerprint density at radius 3 is 2.70 bits per heavy atom. The Hall–Kier alpha value is -2.58. The highest BCUT2D eigenvalue weighted by Crippen LogP contribution is 2.35. The number of ether oxygens (including phenoxy) is 1. The summed E-state index contributed by atoms with van der Waals surface area (Å²) in [6.45, 7) is 0.0360. The molecular formula is C14H9ClN2O3. The molecule has 0 aliphatic heterocycles. The average molecular weight is 289 g/mol. The van der Waals surface area contributed by atoms with Crippen LogP contribution in [-0.4, -0.2) is 4.92 Å². The molecule has 5 nitrogen and oxygen atoms in total. The van der Waals surface area contributed by atoms with Gasteiger partial charge in [-0.2, -0.15) is 5.26 Å². The number of nitro groups is 1. The van der Waals surface area contributed by atoms with E-state index >= 15 is 0 Å². The van der Waals surface area contributed by atoms with Crippen LogP contribution in [-0.2, 0) is 6.61 Å². The molecule has 2 aromatic carbocycles. The quantitative estimate of drug-likeness (QED) is 0.635. The first kappa shape index (κ1) is 13.8. The van der Waals surface area contributed by atoms with Gasteiger partial charge in [-0.25, -0.2) is 0 Å². The lowest BCUT2D eigenvalue weighted by atomic mass is 10.1. The molecule has 100 valence electrons. The Kier molecular flexibility index (Phi) is 4.18. The Bertz CT molecular complexity index is 695. The molecule has 0 aromatic heterocycles. The summed E-state index contributed by atoms with van der Waals surface area (Å²) in [5, 5.41) is 20.1. The van der Waals surface area contributed by atoms with Gasteiger partial charge in [-0.15, -0.1) is 0 Å². The normalized spacial score (nSPS) is 9.80. The zero-order valence-electron chi connectivity index (χ0n) is 10.2. The molecule has 0 bridgehead atoms. The van der Waals surface area contributed by atoms with Gasteiger partial charge in [0.05, 0.1) is 21.6 Å². The van der Waals surface area contributed by atoms with Crippen LogP contribution in [0.25, 0.3) is 0 Å². The second-order valence-corrected chi connectivity index (χ2v) is 4.31. The second-order valence-electron chi connectivity index (χ2n) is 3.90. The molecule has 0 atom stereocenters. The van der Waals surface area contributed by atoms with Crippen molar-refractivity contribution in [2.75, 3.05) is 0 Å². The minimum absolute atomic E-state index is 0.00640. The number of para-hydroxylation sites is 1. The summed E-state index contributed by atoms with van der Waals surface area (Å²) in [6.07, 6.45) is 0. The maximum Gasteiger partial charge on any atom is 0.312 e. The van der Waals surface area contributed by atoms with Gasteiger partial charge in [-0.05, 0) is 12.1 Å². The summed E-state index contributed by atoms with van der Waals surface area (Å²) in [5.74, 6) is 0.00640. The largest absolute Gasteiger partial charge is 0.481 e. The number of hydrogen-bond donors (Lipinski definition) is 0. The van der Waals surface area contributed by atoms with Crippen molar-refractivity contribution in [3.05, 3.63) is 68.7 Å². The summed E-state index contributed by atoms with van der Waals surface area (Å²) >= 11 is 5.92. The lowest BCUT2D eigenvalue weighted by Gasteiger charge is -2.09. The molecule has 6 heteroatoms. The van der Waals surface area contributed by atoms with Crippen LogP contribution in [0.2, 0.25) is 5.02 Å². The van der Waals surface area contributed by atoms with Gasteiger partial charge >= 0.3 is 5.69 Å². The first-order chi connectivity index (χ1) is 9.63. The van der Waals surface area contributed by atoms with Gasteiger partial charge in [0.15, 0.2) is 0 Å². The van der Waals surface area contributed by atoms with Crippen molar-refractivity contribution in [2.24, 2.45) is 0 Å². The van der Waals surface area contributed by atoms with Crippen molar-refractivity contribution in [3.8, 4) is 11.8 Å². The highest BCUT2D eigenvalue weighted by atomic mass is 35.5. The summed E-state index contributed by atoms with van der Waals surface area (Å²) < 4.78 is 5.43. The van der Waals surface area contributed by atoms with E-state index in [1.165, 1.54) is 18.2 Å². The van der Waals surface area contributed by atoms with Crippen molar-refractivity contribution >= 4 is 17.3 Å². The maximum atomic E-state index is 10.9. The molecule has 0 spiro atoms. The van der Waals surface area contributed by atoms with Crippen molar-refractivity contribution in [3.63, 3.8) is 0 Å². The monoisotopic (exact) mass is 288 g/mol. The zero-order valence-corrected chi connectivity index (χ0v) is 11.0. The van der Waals surface area contributed by atoms with E-state index in [4.69, 9.17) is 21.6 Å². The third-order valence-corrected chi connectivity index (χ3v) is 2.95. The number of benzene rings is 2. The Morgan fingerprint density at radius 2 is 2.00 bits per heavy atom. The average Bonchev–Trinajstić information content (AvgIpc) is 2.46. The number of nitro benzene ring substituents is 1. The Balaban J connectivity index is 2.28. The van der Waals surface area contributed by atoms with Crippen LogP contribution in [0, 0.1) is 21.4 Å². The van der Waals surface area contributed by atoms with E-state index in [2.05, 4.69) is 0 Å². The lowest BCUT2D eigenvalue weighted by Crippen LogP contribution is -2.01. The van der Waals surface area contributed by atoms with E-state index in [0.29, 0.717) is 11.1 Å². The van der Waals surface area contributed by atoms with E-state index in [1.807, 2.05) is 6.07 Å². The van der Waals surface area contributed by atoms with Crippen LogP contribution >= 0.6 is 11.6 Å². The fourth-order valence-electron chi connectivity index (χ4n) is 1.69. The number of hydrogen-bond acceptors (Lipinski definition) is 4. The van der Waals surface area contributed by atoms with Gasteiger partial charge < -0.3 is 4.74 Å². The van der Waals surface area contributed by atoms with Crippen molar-refractivity contribution in [1.29, 1.82) is 5.26 Å². The molecular weight excluding hydrogens is 280 g/mol. The third-order valence-electron chi connectivity index (χ3n) is 2.65. The van der Waals surface area contributed by atoms with E-state index in [1.54, 1.807) is 24.3 Å². The summed E-state index contributed by atoms with van der Waals surface area (Å²) in [6, 6.07) is 13.2.